The summed E-state index contributed by atoms with van der Waals surface area (Å²) in [7, 11) is 3.84. The highest BCUT2D eigenvalue weighted by Crippen LogP contribution is 2.18. The van der Waals surface area contributed by atoms with E-state index in [0.29, 0.717) is 19.1 Å². The predicted molar refractivity (Wildman–Crippen MR) is 91.0 cm³/mol. The summed E-state index contributed by atoms with van der Waals surface area (Å²) in [4.78, 5) is 21.1. The topological polar surface area (TPSA) is 45.7 Å². The van der Waals surface area contributed by atoms with Crippen LogP contribution in [0.25, 0.3) is 0 Å². The molecule has 2 rings (SSSR count). The molecule has 5 heteroatoms. The lowest BCUT2D eigenvalue weighted by Crippen LogP contribution is -2.35. The van der Waals surface area contributed by atoms with Crippen LogP contribution in [0.1, 0.15) is 37.8 Å². The molecule has 1 aromatic rings. The molecule has 1 aromatic heterocycles. The van der Waals surface area contributed by atoms with E-state index in [1.54, 1.807) is 7.11 Å². The molecule has 1 aliphatic heterocycles. The van der Waals surface area contributed by atoms with Gasteiger partial charge in [0.15, 0.2) is 0 Å². The molecule has 0 unspecified atom stereocenters. The minimum Gasteiger partial charge on any atom is -0.385 e. The number of hydrogen-bond acceptors (Lipinski definition) is 4. The van der Waals surface area contributed by atoms with E-state index in [1.165, 1.54) is 0 Å². The summed E-state index contributed by atoms with van der Waals surface area (Å²) in [6.07, 6.45) is 6.52. The van der Waals surface area contributed by atoms with Gasteiger partial charge in [-0.2, -0.15) is 0 Å². The normalized spacial score (nSPS) is 18.9. The lowest BCUT2D eigenvalue weighted by Gasteiger charge is -2.27. The number of hydrogen-bond donors (Lipinski definition) is 0. The summed E-state index contributed by atoms with van der Waals surface area (Å²) in [5.74, 6) is 0.273. The Kier molecular flexibility index (Phi) is 7.49. The van der Waals surface area contributed by atoms with Crippen molar-refractivity contribution >= 4 is 5.91 Å². The molecule has 1 atom stereocenters. The first-order chi connectivity index (χ1) is 11.2. The fourth-order valence-corrected chi connectivity index (χ4v) is 3.17. The van der Waals surface area contributed by atoms with E-state index < -0.39 is 0 Å². The molecule has 0 bridgehead atoms. The van der Waals surface area contributed by atoms with Gasteiger partial charge in [0.25, 0.3) is 0 Å². The lowest BCUT2D eigenvalue weighted by molar-refractivity contribution is -0.131. The third-order valence-electron chi connectivity index (χ3n) is 4.55. The van der Waals surface area contributed by atoms with Crippen LogP contribution >= 0.6 is 0 Å². The first-order valence-corrected chi connectivity index (χ1v) is 8.57. The second kappa shape index (κ2) is 9.63. The van der Waals surface area contributed by atoms with Crippen molar-refractivity contribution in [3.05, 3.63) is 30.1 Å². The third-order valence-corrected chi connectivity index (χ3v) is 4.55. The van der Waals surface area contributed by atoms with Crippen LogP contribution in [0, 0.1) is 0 Å². The predicted octanol–water partition coefficient (Wildman–Crippen LogP) is 2.32. The van der Waals surface area contributed by atoms with Crippen LogP contribution in [0.2, 0.25) is 0 Å². The number of likely N-dealkylation sites (tertiary alicyclic amines) is 1. The number of carbonyl (C=O) groups excluding carboxylic acids is 1. The first kappa shape index (κ1) is 17.9. The van der Waals surface area contributed by atoms with Crippen molar-refractivity contribution in [2.45, 2.75) is 44.7 Å². The lowest BCUT2D eigenvalue weighted by atomic mass is 10.1. The Bertz CT molecular complexity index is 467. The molecule has 1 aliphatic rings. The molecule has 23 heavy (non-hydrogen) atoms. The fourth-order valence-electron chi connectivity index (χ4n) is 3.17. The molecular formula is C18H29N3O2. The maximum Gasteiger partial charge on any atom is 0.222 e. The summed E-state index contributed by atoms with van der Waals surface area (Å²) in [5, 5.41) is 0. The second-order valence-corrected chi connectivity index (χ2v) is 6.30. The number of rotatable bonds is 7. The molecule has 0 saturated carbocycles. The maximum atomic E-state index is 12.2. The molecule has 2 heterocycles. The number of nitrogens with zero attached hydrogens (tertiary/aromatic N) is 3. The van der Waals surface area contributed by atoms with Gasteiger partial charge in [0.05, 0.1) is 5.69 Å². The van der Waals surface area contributed by atoms with Gasteiger partial charge >= 0.3 is 0 Å². The smallest absolute Gasteiger partial charge is 0.222 e. The van der Waals surface area contributed by atoms with Crippen LogP contribution in [0.4, 0.5) is 0 Å². The number of ether oxygens (including phenoxy) is 1. The summed E-state index contributed by atoms with van der Waals surface area (Å²) < 4.78 is 5.03. The number of aromatic nitrogens is 1. The van der Waals surface area contributed by atoms with Gasteiger partial charge in [-0.1, -0.05) is 6.07 Å². The monoisotopic (exact) mass is 319 g/mol. The van der Waals surface area contributed by atoms with Crippen molar-refractivity contribution in [1.82, 2.24) is 14.8 Å². The maximum absolute atomic E-state index is 12.2. The molecule has 128 valence electrons. The highest BCUT2D eigenvalue weighted by molar-refractivity contribution is 5.76. The number of methoxy groups -OCH3 is 1. The minimum atomic E-state index is 0.273. The Morgan fingerprint density at radius 2 is 2.26 bits per heavy atom. The molecular weight excluding hydrogens is 290 g/mol. The highest BCUT2D eigenvalue weighted by Gasteiger charge is 2.23. The van der Waals surface area contributed by atoms with Gasteiger partial charge in [-0.15, -0.1) is 0 Å². The Balaban J connectivity index is 1.79. The van der Waals surface area contributed by atoms with Crippen LogP contribution in [0.15, 0.2) is 24.4 Å². The van der Waals surface area contributed by atoms with Crippen LogP contribution in [0.5, 0.6) is 0 Å². The van der Waals surface area contributed by atoms with E-state index in [1.807, 2.05) is 23.2 Å². The van der Waals surface area contributed by atoms with Crippen LogP contribution in [-0.2, 0) is 16.1 Å². The Labute approximate surface area is 139 Å². The quantitative estimate of drug-likeness (QED) is 0.724. The van der Waals surface area contributed by atoms with E-state index in [9.17, 15) is 4.79 Å². The Morgan fingerprint density at radius 1 is 1.39 bits per heavy atom. The zero-order valence-corrected chi connectivity index (χ0v) is 14.4. The van der Waals surface area contributed by atoms with E-state index in [-0.39, 0.29) is 5.91 Å². The third kappa shape index (κ3) is 5.92. The second-order valence-electron chi connectivity index (χ2n) is 6.30. The van der Waals surface area contributed by atoms with E-state index in [2.05, 4.69) is 23.0 Å². The average Bonchev–Trinajstić information content (AvgIpc) is 2.82. The van der Waals surface area contributed by atoms with Crippen molar-refractivity contribution in [2.75, 3.05) is 33.9 Å². The zero-order chi connectivity index (χ0) is 16.5. The minimum absolute atomic E-state index is 0.273. The highest BCUT2D eigenvalue weighted by atomic mass is 16.5. The summed E-state index contributed by atoms with van der Waals surface area (Å²) in [6, 6.07) is 6.57. The molecule has 0 radical (unpaired) electrons. The molecule has 1 amide bonds. The molecule has 0 N–H and O–H groups in total. The summed E-state index contributed by atoms with van der Waals surface area (Å²) in [5.41, 5.74) is 1.10. The van der Waals surface area contributed by atoms with Crippen molar-refractivity contribution in [3.63, 3.8) is 0 Å². The molecule has 1 fully saturated rings. The first-order valence-electron chi connectivity index (χ1n) is 8.57. The van der Waals surface area contributed by atoms with Gasteiger partial charge in [-0.3, -0.25) is 14.7 Å². The van der Waals surface area contributed by atoms with Crippen molar-refractivity contribution < 1.29 is 9.53 Å². The molecule has 0 spiro atoms. The molecule has 0 aromatic carbocycles. The van der Waals surface area contributed by atoms with Gasteiger partial charge in [-0.05, 0) is 44.9 Å². The van der Waals surface area contributed by atoms with E-state index >= 15 is 0 Å². The number of amides is 1. The number of carbonyl (C=O) groups is 1. The van der Waals surface area contributed by atoms with Gasteiger partial charge in [0.1, 0.15) is 0 Å². The van der Waals surface area contributed by atoms with Gasteiger partial charge in [0.2, 0.25) is 5.91 Å². The van der Waals surface area contributed by atoms with Gasteiger partial charge in [0, 0.05) is 52.0 Å². The molecule has 1 saturated heterocycles. The zero-order valence-electron chi connectivity index (χ0n) is 14.4. The van der Waals surface area contributed by atoms with Crippen molar-refractivity contribution in [3.8, 4) is 0 Å². The van der Waals surface area contributed by atoms with E-state index in [0.717, 1.165) is 51.0 Å². The SMILES string of the molecule is COCCCC(=O)N1CCC[C@H](N(C)Cc2ccccn2)CC1. The van der Waals surface area contributed by atoms with Crippen LogP contribution < -0.4 is 0 Å². The largest absolute Gasteiger partial charge is 0.385 e. The Morgan fingerprint density at radius 3 is 3.00 bits per heavy atom. The number of pyridine rings is 1. The standard InChI is InChI=1S/C18H29N3O2/c1-20(15-16-7-3-4-11-19-16)17-8-5-12-21(13-10-17)18(22)9-6-14-23-2/h3-4,7,11,17H,5-6,8-10,12-15H2,1-2H3/t17-/m0/s1. The van der Waals surface area contributed by atoms with Crippen LogP contribution in [0.3, 0.4) is 0 Å². The summed E-state index contributed by atoms with van der Waals surface area (Å²) in [6.45, 7) is 3.28. The van der Waals surface area contributed by atoms with Crippen molar-refractivity contribution in [1.29, 1.82) is 0 Å². The van der Waals surface area contributed by atoms with Gasteiger partial charge in [-0.25, -0.2) is 0 Å². The summed E-state index contributed by atoms with van der Waals surface area (Å²) >= 11 is 0. The van der Waals surface area contributed by atoms with E-state index in [4.69, 9.17) is 4.74 Å². The molecule has 5 nitrogen and oxygen atoms in total. The Hall–Kier alpha value is -1.46. The molecule has 0 aliphatic carbocycles. The fraction of sp³-hybridized carbons (Fsp3) is 0.667. The average molecular weight is 319 g/mol. The van der Waals surface area contributed by atoms with Crippen molar-refractivity contribution in [2.24, 2.45) is 0 Å². The van der Waals surface area contributed by atoms with Gasteiger partial charge < -0.3 is 9.64 Å². The van der Waals surface area contributed by atoms with Crippen LogP contribution in [-0.4, -0.2) is 60.6 Å².